The van der Waals surface area contributed by atoms with Crippen LogP contribution in [0, 0.1) is 6.92 Å². The van der Waals surface area contributed by atoms with Gasteiger partial charge in [0.05, 0.1) is 17.1 Å². The number of benzene rings is 1. The molecular formula is C9H10BrNO2. The first kappa shape index (κ1) is 10.1. The number of halogens is 1. The van der Waals surface area contributed by atoms with Gasteiger partial charge in [0.15, 0.2) is 0 Å². The Morgan fingerprint density at radius 2 is 2.15 bits per heavy atom. The van der Waals surface area contributed by atoms with E-state index >= 15 is 0 Å². The van der Waals surface area contributed by atoms with Crippen molar-refractivity contribution in [2.24, 2.45) is 5.73 Å². The Morgan fingerprint density at radius 3 is 2.62 bits per heavy atom. The maximum Gasteiger partial charge on any atom is 0.252 e. The lowest BCUT2D eigenvalue weighted by Crippen LogP contribution is -2.13. The van der Waals surface area contributed by atoms with E-state index in [0.29, 0.717) is 11.3 Å². The largest absolute Gasteiger partial charge is 0.495 e. The van der Waals surface area contributed by atoms with Gasteiger partial charge in [-0.25, -0.2) is 0 Å². The third kappa shape index (κ3) is 2.01. The number of carbonyl (C=O) groups excluding carboxylic acids is 1. The van der Waals surface area contributed by atoms with E-state index in [1.165, 1.54) is 7.11 Å². The summed E-state index contributed by atoms with van der Waals surface area (Å²) in [6, 6.07) is 3.57. The van der Waals surface area contributed by atoms with Crippen LogP contribution in [-0.2, 0) is 0 Å². The van der Waals surface area contributed by atoms with Gasteiger partial charge >= 0.3 is 0 Å². The monoisotopic (exact) mass is 243 g/mol. The molecule has 1 aromatic rings. The minimum atomic E-state index is -0.485. The lowest BCUT2D eigenvalue weighted by Gasteiger charge is -2.08. The first-order valence-corrected chi connectivity index (χ1v) is 4.49. The van der Waals surface area contributed by atoms with Crippen molar-refractivity contribution in [3.8, 4) is 5.75 Å². The fourth-order valence-electron chi connectivity index (χ4n) is 1.12. The Hall–Kier alpha value is -1.03. The average molecular weight is 244 g/mol. The molecule has 0 radical (unpaired) electrons. The molecule has 0 saturated heterocycles. The van der Waals surface area contributed by atoms with Crippen LogP contribution >= 0.6 is 15.9 Å². The average Bonchev–Trinajstić information content (AvgIpc) is 2.02. The van der Waals surface area contributed by atoms with E-state index in [2.05, 4.69) is 15.9 Å². The zero-order chi connectivity index (χ0) is 10.0. The summed E-state index contributed by atoms with van der Waals surface area (Å²) in [5.41, 5.74) is 6.55. The van der Waals surface area contributed by atoms with Crippen molar-refractivity contribution in [2.45, 2.75) is 6.92 Å². The number of rotatable bonds is 2. The van der Waals surface area contributed by atoms with Crippen molar-refractivity contribution in [3.63, 3.8) is 0 Å². The van der Waals surface area contributed by atoms with Crippen molar-refractivity contribution in [2.75, 3.05) is 7.11 Å². The summed E-state index contributed by atoms with van der Waals surface area (Å²) in [4.78, 5) is 11.0. The summed E-state index contributed by atoms with van der Waals surface area (Å²) in [6.07, 6.45) is 0. The SMILES string of the molecule is COc1c(Br)cc(C)cc1C(N)=O. The number of nitrogens with two attached hydrogens (primary N) is 1. The maximum absolute atomic E-state index is 11.0. The Balaban J connectivity index is 3.38. The molecule has 0 bridgehead atoms. The minimum Gasteiger partial charge on any atom is -0.495 e. The number of primary amides is 1. The highest BCUT2D eigenvalue weighted by atomic mass is 79.9. The topological polar surface area (TPSA) is 52.3 Å². The summed E-state index contributed by atoms with van der Waals surface area (Å²) < 4.78 is 5.78. The van der Waals surface area contributed by atoms with Gasteiger partial charge in [-0.05, 0) is 40.5 Å². The maximum atomic E-state index is 11.0. The second-order valence-corrected chi connectivity index (χ2v) is 3.55. The van der Waals surface area contributed by atoms with Crippen LogP contribution in [0.15, 0.2) is 16.6 Å². The van der Waals surface area contributed by atoms with Gasteiger partial charge in [0, 0.05) is 0 Å². The molecule has 0 heterocycles. The smallest absolute Gasteiger partial charge is 0.252 e. The van der Waals surface area contributed by atoms with Gasteiger partial charge in [-0.1, -0.05) is 0 Å². The number of hydrogen-bond acceptors (Lipinski definition) is 2. The number of carbonyl (C=O) groups is 1. The molecular weight excluding hydrogens is 234 g/mol. The van der Waals surface area contributed by atoms with Crippen LogP contribution in [0.3, 0.4) is 0 Å². The minimum absolute atomic E-state index is 0.398. The molecule has 13 heavy (non-hydrogen) atoms. The summed E-state index contributed by atoms with van der Waals surface area (Å²) in [5.74, 6) is -0.000602. The van der Waals surface area contributed by atoms with E-state index in [1.54, 1.807) is 6.07 Å². The number of amides is 1. The first-order chi connectivity index (χ1) is 6.06. The van der Waals surface area contributed by atoms with Crippen LogP contribution in [-0.4, -0.2) is 13.0 Å². The summed E-state index contributed by atoms with van der Waals surface area (Å²) >= 11 is 3.29. The molecule has 0 aliphatic carbocycles. The molecule has 2 N–H and O–H groups in total. The molecule has 0 aliphatic heterocycles. The molecule has 1 rings (SSSR count). The van der Waals surface area contributed by atoms with E-state index in [4.69, 9.17) is 10.5 Å². The van der Waals surface area contributed by atoms with Crippen molar-refractivity contribution in [3.05, 3.63) is 27.7 Å². The molecule has 0 spiro atoms. The molecule has 0 fully saturated rings. The van der Waals surface area contributed by atoms with Gasteiger partial charge in [0.1, 0.15) is 5.75 Å². The molecule has 0 unspecified atom stereocenters. The molecule has 0 saturated carbocycles. The molecule has 1 amide bonds. The quantitative estimate of drug-likeness (QED) is 0.863. The number of methoxy groups -OCH3 is 1. The van der Waals surface area contributed by atoms with Gasteiger partial charge in [-0.15, -0.1) is 0 Å². The van der Waals surface area contributed by atoms with Gasteiger partial charge in [-0.2, -0.15) is 0 Å². The van der Waals surface area contributed by atoms with Crippen LogP contribution in [0.25, 0.3) is 0 Å². The van der Waals surface area contributed by atoms with Crippen molar-refractivity contribution in [1.82, 2.24) is 0 Å². The Morgan fingerprint density at radius 1 is 1.54 bits per heavy atom. The van der Waals surface area contributed by atoms with E-state index in [1.807, 2.05) is 13.0 Å². The zero-order valence-corrected chi connectivity index (χ0v) is 9.01. The number of hydrogen-bond donors (Lipinski definition) is 1. The summed E-state index contributed by atoms with van der Waals surface area (Å²) in [6.45, 7) is 1.89. The van der Waals surface area contributed by atoms with Crippen molar-refractivity contribution < 1.29 is 9.53 Å². The third-order valence-corrected chi connectivity index (χ3v) is 2.25. The highest BCUT2D eigenvalue weighted by Crippen LogP contribution is 2.29. The molecule has 70 valence electrons. The fraction of sp³-hybridized carbons (Fsp3) is 0.222. The van der Waals surface area contributed by atoms with Crippen LogP contribution in [0.2, 0.25) is 0 Å². The van der Waals surface area contributed by atoms with E-state index in [9.17, 15) is 4.79 Å². The third-order valence-electron chi connectivity index (χ3n) is 1.66. The Labute approximate surface area is 85.0 Å². The second-order valence-electron chi connectivity index (χ2n) is 2.69. The zero-order valence-electron chi connectivity index (χ0n) is 7.43. The standard InChI is InChI=1S/C9H10BrNO2/c1-5-3-6(9(11)12)8(13-2)7(10)4-5/h3-4H,1-2H3,(H2,11,12). The molecule has 0 aliphatic rings. The summed E-state index contributed by atoms with van der Waals surface area (Å²) in [5, 5.41) is 0. The molecule has 0 aromatic heterocycles. The van der Waals surface area contributed by atoms with Crippen molar-refractivity contribution >= 4 is 21.8 Å². The highest BCUT2D eigenvalue weighted by molar-refractivity contribution is 9.10. The highest BCUT2D eigenvalue weighted by Gasteiger charge is 2.12. The van der Waals surface area contributed by atoms with Crippen LogP contribution in [0.1, 0.15) is 15.9 Å². The Bertz CT molecular complexity index is 350. The normalized spacial score (nSPS) is 9.77. The molecule has 0 atom stereocenters. The summed E-state index contributed by atoms with van der Waals surface area (Å²) in [7, 11) is 1.50. The van der Waals surface area contributed by atoms with Crippen LogP contribution < -0.4 is 10.5 Å². The predicted molar refractivity (Wildman–Crippen MR) is 53.9 cm³/mol. The second kappa shape index (κ2) is 3.79. The first-order valence-electron chi connectivity index (χ1n) is 3.70. The fourth-order valence-corrected chi connectivity index (χ4v) is 1.86. The lowest BCUT2D eigenvalue weighted by molar-refractivity contribution is 0.0997. The number of aryl methyl sites for hydroxylation is 1. The predicted octanol–water partition coefficient (Wildman–Crippen LogP) is 1.87. The van der Waals surface area contributed by atoms with E-state index in [-0.39, 0.29) is 0 Å². The lowest BCUT2D eigenvalue weighted by atomic mass is 10.1. The molecule has 4 heteroatoms. The van der Waals surface area contributed by atoms with Crippen LogP contribution in [0.5, 0.6) is 5.75 Å². The molecule has 1 aromatic carbocycles. The molecule has 3 nitrogen and oxygen atoms in total. The van der Waals surface area contributed by atoms with E-state index in [0.717, 1.165) is 10.0 Å². The number of ether oxygens (including phenoxy) is 1. The van der Waals surface area contributed by atoms with Crippen molar-refractivity contribution in [1.29, 1.82) is 0 Å². The van der Waals surface area contributed by atoms with Gasteiger partial charge in [0.25, 0.3) is 5.91 Å². The van der Waals surface area contributed by atoms with Gasteiger partial charge < -0.3 is 10.5 Å². The Kier molecular flexibility index (Phi) is 2.93. The van der Waals surface area contributed by atoms with E-state index < -0.39 is 5.91 Å². The van der Waals surface area contributed by atoms with Gasteiger partial charge in [-0.3, -0.25) is 4.79 Å². The van der Waals surface area contributed by atoms with Gasteiger partial charge in [0.2, 0.25) is 0 Å². The van der Waals surface area contributed by atoms with Crippen LogP contribution in [0.4, 0.5) is 0 Å².